The number of carbonyl (C=O) groups is 1. The van der Waals surface area contributed by atoms with Gasteiger partial charge in [0.2, 0.25) is 0 Å². The molecule has 0 saturated heterocycles. The van der Waals surface area contributed by atoms with Crippen LogP contribution >= 0.6 is 15.9 Å². The SMILES string of the molecule is CCCN(c1ccc(C(C)=O)cc1Br)C(C)C. The molecule has 94 valence electrons. The molecule has 0 fully saturated rings. The Morgan fingerprint density at radius 2 is 2.06 bits per heavy atom. The van der Waals surface area contributed by atoms with Crippen LogP contribution in [0.15, 0.2) is 22.7 Å². The summed E-state index contributed by atoms with van der Waals surface area (Å²) in [5.41, 5.74) is 1.91. The zero-order valence-corrected chi connectivity index (χ0v) is 12.5. The summed E-state index contributed by atoms with van der Waals surface area (Å²) in [7, 11) is 0. The van der Waals surface area contributed by atoms with Gasteiger partial charge in [-0.15, -0.1) is 0 Å². The molecular formula is C14H20BrNO. The molecule has 0 aliphatic heterocycles. The Morgan fingerprint density at radius 3 is 2.47 bits per heavy atom. The van der Waals surface area contributed by atoms with Crippen molar-refractivity contribution in [2.75, 3.05) is 11.4 Å². The molecule has 0 aromatic heterocycles. The summed E-state index contributed by atoms with van der Waals surface area (Å²) in [6.07, 6.45) is 1.11. The van der Waals surface area contributed by atoms with E-state index in [4.69, 9.17) is 0 Å². The summed E-state index contributed by atoms with van der Waals surface area (Å²) < 4.78 is 0.993. The number of ketones is 1. The van der Waals surface area contributed by atoms with Crippen LogP contribution in [0.1, 0.15) is 44.5 Å². The number of nitrogens with zero attached hydrogens (tertiary/aromatic N) is 1. The van der Waals surface area contributed by atoms with E-state index in [1.54, 1.807) is 6.92 Å². The molecule has 1 aromatic rings. The van der Waals surface area contributed by atoms with Crippen molar-refractivity contribution < 1.29 is 4.79 Å². The normalized spacial score (nSPS) is 10.7. The van der Waals surface area contributed by atoms with Crippen molar-refractivity contribution in [3.8, 4) is 0 Å². The lowest BCUT2D eigenvalue weighted by atomic mass is 10.1. The number of Topliss-reactive ketones (excluding diaryl/α,β-unsaturated/α-hetero) is 1. The molecule has 1 aromatic carbocycles. The lowest BCUT2D eigenvalue weighted by Crippen LogP contribution is -2.31. The maximum Gasteiger partial charge on any atom is 0.159 e. The summed E-state index contributed by atoms with van der Waals surface area (Å²) >= 11 is 3.56. The third-order valence-electron chi connectivity index (χ3n) is 2.75. The number of halogens is 1. The first-order valence-electron chi connectivity index (χ1n) is 6.04. The lowest BCUT2D eigenvalue weighted by molar-refractivity contribution is 0.101. The van der Waals surface area contributed by atoms with E-state index in [0.717, 1.165) is 28.7 Å². The van der Waals surface area contributed by atoms with Crippen LogP contribution in [-0.4, -0.2) is 18.4 Å². The molecule has 0 heterocycles. The molecule has 3 heteroatoms. The molecule has 0 radical (unpaired) electrons. The number of rotatable bonds is 5. The zero-order chi connectivity index (χ0) is 13.0. The molecule has 0 N–H and O–H groups in total. The minimum Gasteiger partial charge on any atom is -0.368 e. The minimum absolute atomic E-state index is 0.101. The molecule has 0 saturated carbocycles. The van der Waals surface area contributed by atoms with Crippen molar-refractivity contribution in [2.45, 2.75) is 40.2 Å². The maximum atomic E-state index is 11.3. The molecule has 0 spiro atoms. The Bertz CT molecular complexity index is 401. The van der Waals surface area contributed by atoms with Gasteiger partial charge in [0.05, 0.1) is 5.69 Å². The maximum absolute atomic E-state index is 11.3. The molecular weight excluding hydrogens is 278 g/mol. The van der Waals surface area contributed by atoms with E-state index in [-0.39, 0.29) is 5.78 Å². The zero-order valence-electron chi connectivity index (χ0n) is 11.0. The lowest BCUT2D eigenvalue weighted by Gasteiger charge is -2.29. The predicted octanol–water partition coefficient (Wildman–Crippen LogP) is 4.28. The Morgan fingerprint density at radius 1 is 1.41 bits per heavy atom. The number of carbonyl (C=O) groups excluding carboxylic acids is 1. The van der Waals surface area contributed by atoms with Gasteiger partial charge in [0, 0.05) is 22.6 Å². The average Bonchev–Trinajstić information content (AvgIpc) is 2.26. The van der Waals surface area contributed by atoms with Gasteiger partial charge in [-0.05, 0) is 61.3 Å². The molecule has 0 aliphatic carbocycles. The van der Waals surface area contributed by atoms with Gasteiger partial charge in [-0.25, -0.2) is 0 Å². The summed E-state index contributed by atoms with van der Waals surface area (Å²) in [6, 6.07) is 6.28. The number of anilines is 1. The third-order valence-corrected chi connectivity index (χ3v) is 3.39. The van der Waals surface area contributed by atoms with Crippen LogP contribution in [0.4, 0.5) is 5.69 Å². The molecule has 1 rings (SSSR count). The van der Waals surface area contributed by atoms with Crippen molar-refractivity contribution in [1.29, 1.82) is 0 Å². The molecule has 17 heavy (non-hydrogen) atoms. The highest BCUT2D eigenvalue weighted by Gasteiger charge is 2.13. The highest BCUT2D eigenvalue weighted by Crippen LogP contribution is 2.29. The topological polar surface area (TPSA) is 20.3 Å². The van der Waals surface area contributed by atoms with Gasteiger partial charge in [-0.3, -0.25) is 4.79 Å². The van der Waals surface area contributed by atoms with E-state index in [9.17, 15) is 4.79 Å². The van der Waals surface area contributed by atoms with Gasteiger partial charge in [0.25, 0.3) is 0 Å². The summed E-state index contributed by atoms with van der Waals surface area (Å²) in [4.78, 5) is 13.6. The highest BCUT2D eigenvalue weighted by molar-refractivity contribution is 9.10. The van der Waals surface area contributed by atoms with Gasteiger partial charge in [0.15, 0.2) is 5.78 Å². The monoisotopic (exact) mass is 297 g/mol. The van der Waals surface area contributed by atoms with E-state index >= 15 is 0 Å². The molecule has 2 nitrogen and oxygen atoms in total. The molecule has 0 amide bonds. The Labute approximate surface area is 112 Å². The van der Waals surface area contributed by atoms with Crippen LogP contribution in [-0.2, 0) is 0 Å². The molecule has 0 atom stereocenters. The average molecular weight is 298 g/mol. The highest BCUT2D eigenvalue weighted by atomic mass is 79.9. The van der Waals surface area contributed by atoms with E-state index in [2.05, 4.69) is 41.6 Å². The fourth-order valence-electron chi connectivity index (χ4n) is 1.86. The first-order valence-corrected chi connectivity index (χ1v) is 6.83. The summed E-state index contributed by atoms with van der Waals surface area (Å²) in [6.45, 7) is 9.15. The molecule has 0 unspecified atom stereocenters. The second kappa shape index (κ2) is 6.20. The summed E-state index contributed by atoms with van der Waals surface area (Å²) in [5.74, 6) is 0.101. The van der Waals surface area contributed by atoms with E-state index < -0.39 is 0 Å². The van der Waals surface area contributed by atoms with E-state index in [1.165, 1.54) is 0 Å². The van der Waals surface area contributed by atoms with Crippen LogP contribution < -0.4 is 4.90 Å². The van der Waals surface area contributed by atoms with Crippen molar-refractivity contribution >= 4 is 27.4 Å². The van der Waals surface area contributed by atoms with Gasteiger partial charge in [-0.2, -0.15) is 0 Å². The fraction of sp³-hybridized carbons (Fsp3) is 0.500. The van der Waals surface area contributed by atoms with Crippen molar-refractivity contribution in [3.63, 3.8) is 0 Å². The van der Waals surface area contributed by atoms with E-state index in [1.807, 2.05) is 18.2 Å². The van der Waals surface area contributed by atoms with Crippen molar-refractivity contribution in [2.24, 2.45) is 0 Å². The second-order valence-electron chi connectivity index (χ2n) is 4.51. The van der Waals surface area contributed by atoms with Crippen LogP contribution in [0.3, 0.4) is 0 Å². The Kier molecular flexibility index (Phi) is 5.19. The van der Waals surface area contributed by atoms with Crippen LogP contribution in [0.2, 0.25) is 0 Å². The second-order valence-corrected chi connectivity index (χ2v) is 5.36. The standard InChI is InChI=1S/C14H20BrNO/c1-5-8-16(10(2)3)14-7-6-12(11(4)17)9-13(14)15/h6-7,9-10H,5,8H2,1-4H3. The quantitative estimate of drug-likeness (QED) is 0.756. The first-order chi connectivity index (χ1) is 7.97. The Hall–Kier alpha value is -0.830. The molecule has 0 bridgehead atoms. The fourth-order valence-corrected chi connectivity index (χ4v) is 2.46. The number of benzene rings is 1. The van der Waals surface area contributed by atoms with Gasteiger partial charge < -0.3 is 4.90 Å². The summed E-state index contributed by atoms with van der Waals surface area (Å²) in [5, 5.41) is 0. The number of hydrogen-bond donors (Lipinski definition) is 0. The Balaban J connectivity index is 3.08. The van der Waals surface area contributed by atoms with Gasteiger partial charge >= 0.3 is 0 Å². The van der Waals surface area contributed by atoms with E-state index in [0.29, 0.717) is 6.04 Å². The first kappa shape index (κ1) is 14.2. The van der Waals surface area contributed by atoms with Crippen LogP contribution in [0.25, 0.3) is 0 Å². The van der Waals surface area contributed by atoms with Gasteiger partial charge in [0.1, 0.15) is 0 Å². The smallest absolute Gasteiger partial charge is 0.159 e. The van der Waals surface area contributed by atoms with Crippen LogP contribution in [0, 0.1) is 0 Å². The molecule has 0 aliphatic rings. The third kappa shape index (κ3) is 3.56. The minimum atomic E-state index is 0.101. The van der Waals surface area contributed by atoms with Crippen molar-refractivity contribution in [3.05, 3.63) is 28.2 Å². The largest absolute Gasteiger partial charge is 0.368 e. The van der Waals surface area contributed by atoms with Gasteiger partial charge in [-0.1, -0.05) is 6.92 Å². The predicted molar refractivity (Wildman–Crippen MR) is 76.9 cm³/mol. The number of hydrogen-bond acceptors (Lipinski definition) is 2. The van der Waals surface area contributed by atoms with Crippen LogP contribution in [0.5, 0.6) is 0 Å². The van der Waals surface area contributed by atoms with Crippen molar-refractivity contribution in [1.82, 2.24) is 0 Å².